The van der Waals surface area contributed by atoms with Crippen molar-refractivity contribution in [1.82, 2.24) is 0 Å². The maximum Gasteiger partial charge on any atom is 0.136 e. The van der Waals surface area contributed by atoms with Crippen LogP contribution in [0.3, 0.4) is 0 Å². The minimum atomic E-state index is 0.659. The molecule has 0 fully saturated rings. The lowest BCUT2D eigenvalue weighted by atomic mass is 9.92. The summed E-state index contributed by atoms with van der Waals surface area (Å²) in [5, 5.41) is 3.84. The van der Waals surface area contributed by atoms with Gasteiger partial charge in [0.2, 0.25) is 0 Å². The molecule has 2 aromatic heterocycles. The zero-order chi connectivity index (χ0) is 19.3. The molecular formula is C25H17ClO2. The number of hydrogen-bond donors (Lipinski definition) is 0. The van der Waals surface area contributed by atoms with Crippen LogP contribution in [0.5, 0.6) is 0 Å². The Balaban J connectivity index is 1.88. The van der Waals surface area contributed by atoms with Gasteiger partial charge in [-0.2, -0.15) is 0 Å². The first-order chi connectivity index (χ1) is 13.7. The molecule has 0 saturated carbocycles. The Hall–Kier alpha value is -3.23. The molecule has 0 saturated heterocycles. The number of fused-ring (bicyclic) bond motifs is 4. The largest absolute Gasteiger partial charge is 0.461 e. The van der Waals surface area contributed by atoms with E-state index >= 15 is 0 Å². The molecule has 5 rings (SSSR count). The van der Waals surface area contributed by atoms with Crippen molar-refractivity contribution in [2.75, 3.05) is 0 Å². The van der Waals surface area contributed by atoms with E-state index in [1.807, 2.05) is 67.6 Å². The van der Waals surface area contributed by atoms with Gasteiger partial charge in [0.05, 0.1) is 0 Å². The number of rotatable bonds is 3. The Morgan fingerprint density at radius 1 is 0.893 bits per heavy atom. The molecule has 3 heteroatoms. The van der Waals surface area contributed by atoms with Gasteiger partial charge in [0.25, 0.3) is 0 Å². The van der Waals surface area contributed by atoms with Gasteiger partial charge in [0.1, 0.15) is 22.5 Å². The minimum absolute atomic E-state index is 0.659. The molecule has 0 aliphatic heterocycles. The summed E-state index contributed by atoms with van der Waals surface area (Å²) < 4.78 is 12.1. The van der Waals surface area contributed by atoms with Crippen LogP contribution in [0.2, 0.25) is 5.02 Å². The molecule has 0 aliphatic rings. The number of furan rings is 2. The van der Waals surface area contributed by atoms with Crippen LogP contribution in [0.15, 0.2) is 88.2 Å². The molecule has 0 bridgehead atoms. The SMILES string of the molecule is C=C/C=C(\c1c(C)oc2ccccc12)c1cccc2oc3cc(Cl)ccc3c12. The van der Waals surface area contributed by atoms with E-state index in [-0.39, 0.29) is 0 Å². The molecule has 0 spiro atoms. The summed E-state index contributed by atoms with van der Waals surface area (Å²) >= 11 is 6.17. The Morgan fingerprint density at radius 3 is 2.57 bits per heavy atom. The van der Waals surface area contributed by atoms with E-state index in [4.69, 9.17) is 20.4 Å². The molecule has 136 valence electrons. The number of aryl methyl sites for hydroxylation is 1. The molecule has 0 radical (unpaired) electrons. The van der Waals surface area contributed by atoms with E-state index in [0.29, 0.717) is 5.02 Å². The van der Waals surface area contributed by atoms with Gasteiger partial charge in [-0.3, -0.25) is 0 Å². The predicted octanol–water partition coefficient (Wildman–Crippen LogP) is 7.91. The van der Waals surface area contributed by atoms with E-state index in [0.717, 1.165) is 55.4 Å². The molecule has 3 aromatic carbocycles. The molecule has 0 atom stereocenters. The smallest absolute Gasteiger partial charge is 0.136 e. The van der Waals surface area contributed by atoms with Gasteiger partial charge in [-0.15, -0.1) is 0 Å². The van der Waals surface area contributed by atoms with Gasteiger partial charge < -0.3 is 8.83 Å². The monoisotopic (exact) mass is 384 g/mol. The van der Waals surface area contributed by atoms with Crippen molar-refractivity contribution < 1.29 is 8.83 Å². The fourth-order valence-electron chi connectivity index (χ4n) is 3.95. The van der Waals surface area contributed by atoms with Crippen molar-refractivity contribution in [2.24, 2.45) is 0 Å². The topological polar surface area (TPSA) is 26.3 Å². The summed E-state index contributed by atoms with van der Waals surface area (Å²) in [5.41, 5.74) is 5.69. The number of hydrogen-bond acceptors (Lipinski definition) is 2. The number of halogens is 1. The zero-order valence-electron chi connectivity index (χ0n) is 15.3. The van der Waals surface area contributed by atoms with E-state index in [2.05, 4.69) is 18.7 Å². The summed E-state index contributed by atoms with van der Waals surface area (Å²) in [4.78, 5) is 0. The molecule has 0 N–H and O–H groups in total. The first-order valence-corrected chi connectivity index (χ1v) is 9.47. The summed E-state index contributed by atoms with van der Waals surface area (Å²) in [6.45, 7) is 5.94. The summed E-state index contributed by atoms with van der Waals surface area (Å²) in [6.07, 6.45) is 3.85. The molecular weight excluding hydrogens is 368 g/mol. The maximum absolute atomic E-state index is 6.17. The van der Waals surface area contributed by atoms with Crippen LogP contribution >= 0.6 is 11.6 Å². The summed E-state index contributed by atoms with van der Waals surface area (Å²) in [7, 11) is 0. The van der Waals surface area contributed by atoms with Gasteiger partial charge in [-0.25, -0.2) is 0 Å². The standard InChI is InChI=1S/C25H17ClO2/c1-3-7-17(24-15(2)27-21-10-5-4-8-19(21)24)18-9-6-11-22-25(18)20-13-12-16(26)14-23(20)28-22/h3-14H,1H2,2H3/b17-7-. The van der Waals surface area contributed by atoms with Crippen LogP contribution in [0.4, 0.5) is 0 Å². The van der Waals surface area contributed by atoms with Crippen LogP contribution < -0.4 is 0 Å². The van der Waals surface area contributed by atoms with Crippen molar-refractivity contribution in [3.63, 3.8) is 0 Å². The molecule has 28 heavy (non-hydrogen) atoms. The predicted molar refractivity (Wildman–Crippen MR) is 117 cm³/mol. The van der Waals surface area contributed by atoms with E-state index in [9.17, 15) is 0 Å². The normalized spacial score (nSPS) is 12.3. The molecule has 2 heterocycles. The van der Waals surface area contributed by atoms with Crippen molar-refractivity contribution in [3.05, 3.63) is 101 Å². The fraction of sp³-hybridized carbons (Fsp3) is 0.0400. The first kappa shape index (κ1) is 16.9. The Morgan fingerprint density at radius 2 is 1.71 bits per heavy atom. The average Bonchev–Trinajstić information content (AvgIpc) is 3.22. The van der Waals surface area contributed by atoms with Crippen molar-refractivity contribution in [1.29, 1.82) is 0 Å². The Kier molecular flexibility index (Phi) is 3.88. The quantitative estimate of drug-likeness (QED) is 0.295. The van der Waals surface area contributed by atoms with Crippen molar-refractivity contribution in [3.8, 4) is 0 Å². The lowest BCUT2D eigenvalue weighted by Crippen LogP contribution is -1.90. The van der Waals surface area contributed by atoms with Crippen LogP contribution in [-0.2, 0) is 0 Å². The lowest BCUT2D eigenvalue weighted by Gasteiger charge is -2.09. The second-order valence-electron chi connectivity index (χ2n) is 6.77. The maximum atomic E-state index is 6.17. The molecule has 0 aliphatic carbocycles. The van der Waals surface area contributed by atoms with Gasteiger partial charge in [-0.1, -0.05) is 60.7 Å². The van der Waals surface area contributed by atoms with Gasteiger partial charge in [-0.05, 0) is 42.3 Å². The first-order valence-electron chi connectivity index (χ1n) is 9.10. The van der Waals surface area contributed by atoms with Crippen molar-refractivity contribution >= 4 is 50.1 Å². The third kappa shape index (κ3) is 2.49. The van der Waals surface area contributed by atoms with Gasteiger partial charge in [0, 0.05) is 32.8 Å². The highest BCUT2D eigenvalue weighted by Gasteiger charge is 2.20. The lowest BCUT2D eigenvalue weighted by molar-refractivity contribution is 0.577. The molecule has 2 nitrogen and oxygen atoms in total. The Labute approximate surface area is 167 Å². The van der Waals surface area contributed by atoms with Crippen LogP contribution in [0.25, 0.3) is 38.5 Å². The molecule has 0 amide bonds. The fourth-order valence-corrected chi connectivity index (χ4v) is 4.11. The average molecular weight is 385 g/mol. The third-order valence-corrected chi connectivity index (χ3v) is 5.31. The van der Waals surface area contributed by atoms with E-state index < -0.39 is 0 Å². The Bertz CT molecular complexity index is 1400. The highest BCUT2D eigenvalue weighted by atomic mass is 35.5. The van der Waals surface area contributed by atoms with Gasteiger partial charge >= 0.3 is 0 Å². The highest BCUT2D eigenvalue weighted by Crippen LogP contribution is 2.41. The molecule has 5 aromatic rings. The zero-order valence-corrected chi connectivity index (χ0v) is 16.1. The minimum Gasteiger partial charge on any atom is -0.461 e. The van der Waals surface area contributed by atoms with Crippen LogP contribution in [0.1, 0.15) is 16.9 Å². The van der Waals surface area contributed by atoms with Crippen LogP contribution in [0, 0.1) is 6.92 Å². The highest BCUT2D eigenvalue weighted by molar-refractivity contribution is 6.31. The number of allylic oxidation sites excluding steroid dienone is 2. The second kappa shape index (κ2) is 6.43. The van der Waals surface area contributed by atoms with Gasteiger partial charge in [0.15, 0.2) is 0 Å². The number of benzene rings is 3. The number of para-hydroxylation sites is 1. The summed E-state index contributed by atoms with van der Waals surface area (Å²) in [6, 6.07) is 20.0. The third-order valence-electron chi connectivity index (χ3n) is 5.07. The van der Waals surface area contributed by atoms with Crippen molar-refractivity contribution in [2.45, 2.75) is 6.92 Å². The second-order valence-corrected chi connectivity index (χ2v) is 7.20. The molecule has 0 unspecified atom stereocenters. The van der Waals surface area contributed by atoms with E-state index in [1.54, 1.807) is 0 Å². The van der Waals surface area contributed by atoms with E-state index in [1.165, 1.54) is 0 Å². The van der Waals surface area contributed by atoms with Crippen LogP contribution in [-0.4, -0.2) is 0 Å². The summed E-state index contributed by atoms with van der Waals surface area (Å²) in [5.74, 6) is 0.877.